The van der Waals surface area contributed by atoms with Gasteiger partial charge in [0.25, 0.3) is 0 Å². The normalized spacial score (nSPS) is 9.68. The van der Waals surface area contributed by atoms with Gasteiger partial charge in [0, 0.05) is 6.20 Å². The van der Waals surface area contributed by atoms with Gasteiger partial charge >= 0.3 is 5.97 Å². The van der Waals surface area contributed by atoms with Crippen LogP contribution in [0.5, 0.6) is 5.75 Å². The Morgan fingerprint density at radius 2 is 2.11 bits per heavy atom. The molecule has 0 bridgehead atoms. The summed E-state index contributed by atoms with van der Waals surface area (Å²) in [5.74, 6) is -0.799. The molecule has 94 valence electrons. The number of pyridine rings is 1. The lowest BCUT2D eigenvalue weighted by atomic mass is 10.2. The van der Waals surface area contributed by atoms with Crippen molar-refractivity contribution in [3.63, 3.8) is 0 Å². The van der Waals surface area contributed by atoms with Crippen LogP contribution in [0.25, 0.3) is 4.85 Å². The second kappa shape index (κ2) is 5.74. The van der Waals surface area contributed by atoms with Crippen LogP contribution in [0.1, 0.15) is 5.69 Å². The first-order valence-electron chi connectivity index (χ1n) is 5.46. The molecule has 5 heteroatoms. The molecule has 0 aliphatic heterocycles. The van der Waals surface area contributed by atoms with Gasteiger partial charge in [0.2, 0.25) is 5.69 Å². The van der Waals surface area contributed by atoms with Gasteiger partial charge < -0.3 is 4.74 Å². The molecule has 0 amide bonds. The van der Waals surface area contributed by atoms with Crippen LogP contribution in [0, 0.1) is 12.4 Å². The first-order chi connectivity index (χ1) is 9.19. The van der Waals surface area contributed by atoms with Crippen molar-refractivity contribution in [1.82, 2.24) is 4.98 Å². The molecule has 1 aromatic carbocycles. The standard InChI is InChI=1S/C14H9FN2O2/c1-16-13-9-17-10(7-12(13)15)8-14(18)19-11-5-3-2-4-6-11/h2-7,9H,8H2. The minimum atomic E-state index is -0.687. The van der Waals surface area contributed by atoms with Gasteiger partial charge in [0.1, 0.15) is 11.6 Å². The van der Waals surface area contributed by atoms with Crippen molar-refractivity contribution in [2.45, 2.75) is 6.42 Å². The van der Waals surface area contributed by atoms with E-state index in [0.29, 0.717) is 5.75 Å². The summed E-state index contributed by atoms with van der Waals surface area (Å²) in [4.78, 5) is 18.4. The monoisotopic (exact) mass is 256 g/mol. The third-order valence-electron chi connectivity index (χ3n) is 2.31. The quantitative estimate of drug-likeness (QED) is 0.482. The van der Waals surface area contributed by atoms with Gasteiger partial charge in [-0.15, -0.1) is 0 Å². The molecule has 0 radical (unpaired) electrons. The summed E-state index contributed by atoms with van der Waals surface area (Å²) < 4.78 is 18.4. The number of esters is 1. The topological polar surface area (TPSA) is 43.5 Å². The fraction of sp³-hybridized carbons (Fsp3) is 0.0714. The van der Waals surface area contributed by atoms with Crippen molar-refractivity contribution in [3.05, 3.63) is 65.5 Å². The molecule has 4 nitrogen and oxygen atoms in total. The zero-order valence-electron chi connectivity index (χ0n) is 9.84. The maximum atomic E-state index is 13.3. The first kappa shape index (κ1) is 12.7. The fourth-order valence-corrected chi connectivity index (χ4v) is 1.45. The number of hydrogen-bond donors (Lipinski definition) is 0. The summed E-state index contributed by atoms with van der Waals surface area (Å²) in [6, 6.07) is 9.65. The zero-order chi connectivity index (χ0) is 13.7. The third-order valence-corrected chi connectivity index (χ3v) is 2.31. The highest BCUT2D eigenvalue weighted by atomic mass is 19.1. The summed E-state index contributed by atoms with van der Waals surface area (Å²) in [6.45, 7) is 6.70. The van der Waals surface area contributed by atoms with Crippen molar-refractivity contribution in [3.8, 4) is 5.75 Å². The van der Waals surface area contributed by atoms with E-state index in [1.54, 1.807) is 30.3 Å². The minimum absolute atomic E-state index is 0.149. The molecule has 0 N–H and O–H groups in total. The molecule has 0 aliphatic carbocycles. The van der Waals surface area contributed by atoms with Crippen LogP contribution in [0.2, 0.25) is 0 Å². The lowest BCUT2D eigenvalue weighted by molar-refractivity contribution is -0.133. The number of para-hydroxylation sites is 1. The Kier molecular flexibility index (Phi) is 3.84. The smallest absolute Gasteiger partial charge is 0.317 e. The van der Waals surface area contributed by atoms with Crippen molar-refractivity contribution in [1.29, 1.82) is 0 Å². The number of carbonyl (C=O) groups is 1. The SMILES string of the molecule is [C-]#[N+]c1cnc(CC(=O)Oc2ccccc2)cc1F. The molecule has 0 unspecified atom stereocenters. The average Bonchev–Trinajstić information content (AvgIpc) is 2.40. The largest absolute Gasteiger partial charge is 0.426 e. The van der Waals surface area contributed by atoms with Gasteiger partial charge in [-0.05, 0) is 18.2 Å². The Morgan fingerprint density at radius 3 is 2.74 bits per heavy atom. The summed E-state index contributed by atoms with van der Waals surface area (Å²) in [5, 5.41) is 0. The maximum Gasteiger partial charge on any atom is 0.317 e. The number of halogens is 1. The summed E-state index contributed by atoms with van der Waals surface area (Å²) >= 11 is 0. The molecule has 0 fully saturated rings. The molecular formula is C14H9FN2O2. The van der Waals surface area contributed by atoms with E-state index in [-0.39, 0.29) is 17.8 Å². The predicted octanol–water partition coefficient (Wildman–Crippen LogP) is 2.92. The minimum Gasteiger partial charge on any atom is -0.426 e. The van der Waals surface area contributed by atoms with E-state index in [4.69, 9.17) is 11.3 Å². The van der Waals surface area contributed by atoms with E-state index >= 15 is 0 Å². The highest BCUT2D eigenvalue weighted by Gasteiger charge is 2.10. The molecule has 2 rings (SSSR count). The predicted molar refractivity (Wildman–Crippen MR) is 66.2 cm³/mol. The molecule has 1 aromatic heterocycles. The number of rotatable bonds is 3. The van der Waals surface area contributed by atoms with E-state index in [0.717, 1.165) is 12.3 Å². The van der Waals surface area contributed by atoms with Gasteiger partial charge in [0.05, 0.1) is 18.7 Å². The molecule has 0 aliphatic rings. The van der Waals surface area contributed by atoms with Crippen molar-refractivity contribution < 1.29 is 13.9 Å². The lowest BCUT2D eigenvalue weighted by Crippen LogP contribution is -2.12. The van der Waals surface area contributed by atoms with Crippen LogP contribution in [0.3, 0.4) is 0 Å². The van der Waals surface area contributed by atoms with E-state index in [2.05, 4.69) is 9.83 Å². The van der Waals surface area contributed by atoms with Gasteiger partial charge in [0.15, 0.2) is 0 Å². The average molecular weight is 256 g/mol. The Morgan fingerprint density at radius 1 is 1.37 bits per heavy atom. The number of hydrogen-bond acceptors (Lipinski definition) is 3. The molecule has 19 heavy (non-hydrogen) atoms. The van der Waals surface area contributed by atoms with E-state index < -0.39 is 11.8 Å². The molecule has 1 heterocycles. The summed E-state index contributed by atoms with van der Waals surface area (Å²) in [6.07, 6.45) is 0.956. The summed E-state index contributed by atoms with van der Waals surface area (Å²) in [5.41, 5.74) is 0.0611. The Labute approximate surface area is 109 Å². The number of benzene rings is 1. The second-order valence-corrected chi connectivity index (χ2v) is 3.70. The van der Waals surface area contributed by atoms with E-state index in [1.807, 2.05) is 0 Å². The third kappa shape index (κ3) is 3.36. The Bertz CT molecular complexity index is 636. The zero-order valence-corrected chi connectivity index (χ0v) is 9.84. The van der Waals surface area contributed by atoms with Gasteiger partial charge in [-0.25, -0.2) is 9.24 Å². The number of aromatic nitrogens is 1. The fourth-order valence-electron chi connectivity index (χ4n) is 1.45. The van der Waals surface area contributed by atoms with Crippen LogP contribution in [-0.4, -0.2) is 11.0 Å². The summed E-state index contributed by atoms with van der Waals surface area (Å²) in [7, 11) is 0. The van der Waals surface area contributed by atoms with E-state index in [9.17, 15) is 9.18 Å². The van der Waals surface area contributed by atoms with Crippen LogP contribution in [0.15, 0.2) is 42.6 Å². The van der Waals surface area contributed by atoms with Crippen LogP contribution < -0.4 is 4.74 Å². The molecule has 2 aromatic rings. The van der Waals surface area contributed by atoms with E-state index in [1.165, 1.54) is 0 Å². The molecule has 0 saturated heterocycles. The number of carbonyl (C=O) groups excluding carboxylic acids is 1. The number of nitrogens with zero attached hydrogens (tertiary/aromatic N) is 2. The highest BCUT2D eigenvalue weighted by molar-refractivity contribution is 5.74. The molecule has 0 saturated carbocycles. The van der Waals surface area contributed by atoms with Gasteiger partial charge in [-0.3, -0.25) is 9.78 Å². The highest BCUT2D eigenvalue weighted by Crippen LogP contribution is 2.17. The van der Waals surface area contributed by atoms with Crippen molar-refractivity contribution in [2.75, 3.05) is 0 Å². The maximum absolute atomic E-state index is 13.3. The van der Waals surface area contributed by atoms with Gasteiger partial charge in [-0.2, -0.15) is 0 Å². The first-order valence-corrected chi connectivity index (χ1v) is 5.46. The second-order valence-electron chi connectivity index (χ2n) is 3.70. The van der Waals surface area contributed by atoms with Crippen molar-refractivity contribution >= 4 is 11.7 Å². The Balaban J connectivity index is 2.04. The molecule has 0 atom stereocenters. The molecule has 0 spiro atoms. The lowest BCUT2D eigenvalue weighted by Gasteiger charge is -2.04. The number of ether oxygens (including phenoxy) is 1. The Hall–Kier alpha value is -2.74. The van der Waals surface area contributed by atoms with Crippen molar-refractivity contribution in [2.24, 2.45) is 0 Å². The molecular weight excluding hydrogens is 247 g/mol. The van der Waals surface area contributed by atoms with Gasteiger partial charge in [-0.1, -0.05) is 18.2 Å². The van der Waals surface area contributed by atoms with Crippen LogP contribution in [0.4, 0.5) is 10.1 Å². The van der Waals surface area contributed by atoms with Crippen LogP contribution in [-0.2, 0) is 11.2 Å². The van der Waals surface area contributed by atoms with Crippen LogP contribution >= 0.6 is 0 Å².